The minimum atomic E-state index is -0.733. The fourth-order valence-corrected chi connectivity index (χ4v) is 4.03. The van der Waals surface area contributed by atoms with Crippen LogP contribution in [0.25, 0.3) is 6.08 Å². The summed E-state index contributed by atoms with van der Waals surface area (Å²) >= 11 is 12.3. The molecule has 0 unspecified atom stereocenters. The largest absolute Gasteiger partial charge is 0.436 e. The van der Waals surface area contributed by atoms with Gasteiger partial charge in [0.25, 0.3) is 11.8 Å². The van der Waals surface area contributed by atoms with Gasteiger partial charge in [0, 0.05) is 0 Å². The van der Waals surface area contributed by atoms with E-state index < -0.39 is 5.82 Å². The van der Waals surface area contributed by atoms with E-state index in [9.17, 15) is 9.18 Å². The minimum Gasteiger partial charge on any atom is -0.436 e. The number of anilines is 1. The quantitative estimate of drug-likeness (QED) is 0.303. The molecule has 1 fully saturated rings. The van der Waals surface area contributed by atoms with Crippen molar-refractivity contribution in [1.82, 2.24) is 9.97 Å². The highest BCUT2D eigenvalue weighted by molar-refractivity contribution is 8.27. The van der Waals surface area contributed by atoms with E-state index in [4.69, 9.17) is 28.6 Å². The smallest absolute Gasteiger partial charge is 0.270 e. The molecule has 0 atom stereocenters. The number of benzene rings is 2. The first-order valence-electron chi connectivity index (χ1n) is 8.30. The predicted molar refractivity (Wildman–Crippen MR) is 116 cm³/mol. The van der Waals surface area contributed by atoms with Crippen LogP contribution in [0.3, 0.4) is 0 Å². The molecule has 0 aliphatic carbocycles. The number of rotatable bonds is 4. The summed E-state index contributed by atoms with van der Waals surface area (Å²) < 4.78 is 19.7. The van der Waals surface area contributed by atoms with Gasteiger partial charge in [-0.1, -0.05) is 54.3 Å². The SMILES string of the molecule is O=C1/C(=C\c2cccc(Oc3nc(Cl)ncc3F)c2)SC(=S)N1c1ccccc1. The van der Waals surface area contributed by atoms with Gasteiger partial charge in [-0.25, -0.2) is 4.98 Å². The summed E-state index contributed by atoms with van der Waals surface area (Å²) in [4.78, 5) is 22.1. The van der Waals surface area contributed by atoms with Crippen LogP contribution < -0.4 is 9.64 Å². The van der Waals surface area contributed by atoms with E-state index in [2.05, 4.69) is 9.97 Å². The molecule has 9 heteroatoms. The van der Waals surface area contributed by atoms with Gasteiger partial charge in [-0.15, -0.1) is 0 Å². The van der Waals surface area contributed by atoms with E-state index in [-0.39, 0.29) is 17.1 Å². The minimum absolute atomic E-state index is 0.123. The standard InChI is InChI=1S/C20H11ClFN3O2S2/c21-19-23-11-15(22)17(24-19)27-14-8-4-5-12(9-14)10-16-18(26)25(20(28)29-16)13-6-2-1-3-7-13/h1-11H/b16-10+. The average molecular weight is 444 g/mol. The Hall–Kier alpha value is -2.81. The highest BCUT2D eigenvalue weighted by Crippen LogP contribution is 2.36. The number of thioether (sulfide) groups is 1. The second-order valence-corrected chi connectivity index (χ2v) is 7.83. The maximum Gasteiger partial charge on any atom is 0.270 e. The second kappa shape index (κ2) is 8.28. The number of hydrogen-bond donors (Lipinski definition) is 0. The number of thiocarbonyl (C=S) groups is 1. The Labute approximate surface area is 180 Å². The molecule has 0 bridgehead atoms. The van der Waals surface area contributed by atoms with Crippen molar-refractivity contribution >= 4 is 57.6 Å². The number of carbonyl (C=O) groups is 1. The van der Waals surface area contributed by atoms with Crippen molar-refractivity contribution in [3.05, 3.63) is 82.4 Å². The second-order valence-electron chi connectivity index (χ2n) is 5.82. The van der Waals surface area contributed by atoms with Gasteiger partial charge in [-0.05, 0) is 47.5 Å². The number of carbonyl (C=O) groups excluding carboxylic acids is 1. The van der Waals surface area contributed by atoms with Gasteiger partial charge in [0.1, 0.15) is 5.75 Å². The monoisotopic (exact) mass is 443 g/mol. The Morgan fingerprint density at radius 3 is 2.76 bits per heavy atom. The normalized spacial score (nSPS) is 15.2. The molecule has 1 saturated heterocycles. The summed E-state index contributed by atoms with van der Waals surface area (Å²) in [5.74, 6) is -0.877. The van der Waals surface area contributed by atoms with Crippen LogP contribution in [-0.4, -0.2) is 20.2 Å². The average Bonchev–Trinajstić information content (AvgIpc) is 2.99. The van der Waals surface area contributed by atoms with Crippen LogP contribution in [0.1, 0.15) is 5.56 Å². The molecule has 3 aromatic rings. The lowest BCUT2D eigenvalue weighted by molar-refractivity contribution is -0.113. The van der Waals surface area contributed by atoms with Crippen LogP contribution in [0.15, 0.2) is 65.7 Å². The third-order valence-electron chi connectivity index (χ3n) is 3.86. The third kappa shape index (κ3) is 4.29. The van der Waals surface area contributed by atoms with Crippen molar-refractivity contribution in [1.29, 1.82) is 0 Å². The molecular formula is C20H11ClFN3O2S2. The Kier molecular flexibility index (Phi) is 5.57. The highest BCUT2D eigenvalue weighted by Gasteiger charge is 2.33. The number of hydrogen-bond acceptors (Lipinski definition) is 6. The van der Waals surface area contributed by atoms with E-state index >= 15 is 0 Å². The van der Waals surface area contributed by atoms with Crippen molar-refractivity contribution in [3.63, 3.8) is 0 Å². The Balaban J connectivity index is 1.59. The molecule has 2 aromatic carbocycles. The van der Waals surface area contributed by atoms with Crippen molar-refractivity contribution in [2.75, 3.05) is 4.90 Å². The molecule has 0 radical (unpaired) electrons. The molecule has 1 aromatic heterocycles. The molecule has 144 valence electrons. The summed E-state index contributed by atoms with van der Waals surface area (Å²) in [5.41, 5.74) is 1.41. The van der Waals surface area contributed by atoms with E-state index in [1.54, 1.807) is 30.3 Å². The zero-order valence-corrected chi connectivity index (χ0v) is 17.0. The maximum atomic E-state index is 13.8. The van der Waals surface area contributed by atoms with E-state index in [0.29, 0.717) is 26.2 Å². The lowest BCUT2D eigenvalue weighted by Gasteiger charge is -2.13. The number of amides is 1. The molecule has 2 heterocycles. The van der Waals surface area contributed by atoms with Crippen LogP contribution >= 0.6 is 35.6 Å². The first-order valence-corrected chi connectivity index (χ1v) is 9.90. The molecule has 1 amide bonds. The van der Waals surface area contributed by atoms with Crippen LogP contribution in [0, 0.1) is 5.82 Å². The van der Waals surface area contributed by atoms with Crippen molar-refractivity contribution in [2.24, 2.45) is 0 Å². The van der Waals surface area contributed by atoms with Crippen LogP contribution in [0.5, 0.6) is 11.6 Å². The topological polar surface area (TPSA) is 55.3 Å². The predicted octanol–water partition coefficient (Wildman–Crippen LogP) is 5.47. The first kappa shape index (κ1) is 19.5. The van der Waals surface area contributed by atoms with Crippen LogP contribution in [-0.2, 0) is 4.79 Å². The van der Waals surface area contributed by atoms with Crippen molar-refractivity contribution in [3.8, 4) is 11.6 Å². The summed E-state index contributed by atoms with van der Waals surface area (Å²) in [6, 6.07) is 16.0. The Morgan fingerprint density at radius 1 is 1.17 bits per heavy atom. The van der Waals surface area contributed by atoms with Gasteiger partial charge in [0.2, 0.25) is 11.1 Å². The molecule has 0 saturated carbocycles. The van der Waals surface area contributed by atoms with Crippen LogP contribution in [0.4, 0.5) is 10.1 Å². The Bertz CT molecular complexity index is 1140. The van der Waals surface area contributed by atoms with Gasteiger partial charge in [0.05, 0.1) is 16.8 Å². The number of nitrogens with zero attached hydrogens (tertiary/aromatic N) is 3. The first-order chi connectivity index (χ1) is 14.0. The molecule has 1 aliphatic heterocycles. The van der Waals surface area contributed by atoms with Crippen molar-refractivity contribution < 1.29 is 13.9 Å². The number of ether oxygens (including phenoxy) is 1. The fourth-order valence-electron chi connectivity index (χ4n) is 2.60. The summed E-state index contributed by atoms with van der Waals surface area (Å²) in [6.07, 6.45) is 2.64. The lowest BCUT2D eigenvalue weighted by Crippen LogP contribution is -2.27. The van der Waals surface area contributed by atoms with E-state index in [1.165, 1.54) is 16.7 Å². The summed E-state index contributed by atoms with van der Waals surface area (Å²) in [7, 11) is 0. The van der Waals surface area contributed by atoms with E-state index in [1.807, 2.05) is 30.3 Å². The van der Waals surface area contributed by atoms with Crippen LogP contribution in [0.2, 0.25) is 5.28 Å². The number of para-hydroxylation sites is 1. The fraction of sp³-hybridized carbons (Fsp3) is 0. The summed E-state index contributed by atoms with van der Waals surface area (Å²) in [6.45, 7) is 0. The molecule has 4 rings (SSSR count). The zero-order valence-electron chi connectivity index (χ0n) is 14.6. The van der Waals surface area contributed by atoms with Gasteiger partial charge in [-0.2, -0.15) is 9.37 Å². The molecule has 1 aliphatic rings. The van der Waals surface area contributed by atoms with Gasteiger partial charge >= 0.3 is 0 Å². The Morgan fingerprint density at radius 2 is 1.97 bits per heavy atom. The number of aromatic nitrogens is 2. The molecule has 5 nitrogen and oxygen atoms in total. The molecule has 0 spiro atoms. The molecule has 0 N–H and O–H groups in total. The van der Waals surface area contributed by atoms with Gasteiger partial charge in [-0.3, -0.25) is 9.69 Å². The van der Waals surface area contributed by atoms with Gasteiger partial charge < -0.3 is 4.74 Å². The highest BCUT2D eigenvalue weighted by atomic mass is 35.5. The summed E-state index contributed by atoms with van der Waals surface area (Å²) in [5, 5.41) is -0.123. The zero-order chi connectivity index (χ0) is 20.4. The molecular weight excluding hydrogens is 433 g/mol. The third-order valence-corrected chi connectivity index (χ3v) is 5.35. The number of halogens is 2. The maximum absolute atomic E-state index is 13.8. The van der Waals surface area contributed by atoms with Gasteiger partial charge in [0.15, 0.2) is 4.32 Å². The lowest BCUT2D eigenvalue weighted by atomic mass is 10.2. The van der Waals surface area contributed by atoms with Crippen molar-refractivity contribution in [2.45, 2.75) is 0 Å². The van der Waals surface area contributed by atoms with E-state index in [0.717, 1.165) is 6.20 Å². The molecule has 29 heavy (non-hydrogen) atoms.